The molecule has 3 nitrogen and oxygen atoms in total. The molecule has 3 atom stereocenters. The molecule has 3 unspecified atom stereocenters. The highest BCUT2D eigenvalue weighted by Crippen LogP contribution is 2.34. The Bertz CT molecular complexity index is 334. The van der Waals surface area contributed by atoms with Crippen molar-refractivity contribution >= 4 is 0 Å². The van der Waals surface area contributed by atoms with Gasteiger partial charge >= 0.3 is 0 Å². The molecule has 0 aromatic carbocycles. The average Bonchev–Trinajstić information content (AvgIpc) is 2.68. The lowest BCUT2D eigenvalue weighted by atomic mass is 9.81. The minimum atomic E-state index is -0.215. The van der Waals surface area contributed by atoms with Gasteiger partial charge in [0.05, 0.1) is 17.8 Å². The van der Waals surface area contributed by atoms with E-state index >= 15 is 0 Å². The van der Waals surface area contributed by atoms with Gasteiger partial charge in [-0.15, -0.1) is 0 Å². The summed E-state index contributed by atoms with van der Waals surface area (Å²) in [7, 11) is 0. The number of hydrogen-bond acceptors (Lipinski definition) is 2. The molecule has 0 saturated heterocycles. The fourth-order valence-electron chi connectivity index (χ4n) is 2.79. The van der Waals surface area contributed by atoms with Crippen LogP contribution in [0.5, 0.6) is 0 Å². The summed E-state index contributed by atoms with van der Waals surface area (Å²) in [4.78, 5) is 0. The minimum Gasteiger partial charge on any atom is -0.391 e. The summed E-state index contributed by atoms with van der Waals surface area (Å²) >= 11 is 0. The largest absolute Gasteiger partial charge is 0.391 e. The maximum Gasteiger partial charge on any atom is 0.0780 e. The van der Waals surface area contributed by atoms with E-state index in [1.165, 1.54) is 19.3 Å². The Morgan fingerprint density at radius 1 is 1.50 bits per heavy atom. The molecule has 0 amide bonds. The smallest absolute Gasteiger partial charge is 0.0780 e. The number of nitrogens with zero attached hydrogens (tertiary/aromatic N) is 2. The lowest BCUT2D eigenvalue weighted by Gasteiger charge is -2.33. The maximum atomic E-state index is 10.1. The SMILES string of the molecule is CCCC1CCC(O)C(n2ccc(C)n2)C1. The van der Waals surface area contributed by atoms with Gasteiger partial charge in [0.25, 0.3) is 0 Å². The Labute approximate surface area is 97.5 Å². The summed E-state index contributed by atoms with van der Waals surface area (Å²) in [5.74, 6) is 0.767. The van der Waals surface area contributed by atoms with Crippen molar-refractivity contribution in [2.24, 2.45) is 5.92 Å². The van der Waals surface area contributed by atoms with E-state index in [9.17, 15) is 5.11 Å². The Morgan fingerprint density at radius 2 is 2.31 bits per heavy atom. The van der Waals surface area contributed by atoms with E-state index in [0.29, 0.717) is 0 Å². The molecule has 1 aliphatic carbocycles. The van der Waals surface area contributed by atoms with Crippen LogP contribution in [0.3, 0.4) is 0 Å². The lowest BCUT2D eigenvalue weighted by molar-refractivity contribution is 0.0463. The van der Waals surface area contributed by atoms with Crippen molar-refractivity contribution in [3.05, 3.63) is 18.0 Å². The summed E-state index contributed by atoms with van der Waals surface area (Å²) in [5, 5.41) is 14.5. The highest BCUT2D eigenvalue weighted by Gasteiger charge is 2.30. The summed E-state index contributed by atoms with van der Waals surface area (Å²) < 4.78 is 1.96. The van der Waals surface area contributed by atoms with Crippen LogP contribution in [-0.2, 0) is 0 Å². The van der Waals surface area contributed by atoms with E-state index in [2.05, 4.69) is 12.0 Å². The first-order chi connectivity index (χ1) is 7.70. The fourth-order valence-corrected chi connectivity index (χ4v) is 2.79. The second-order valence-corrected chi connectivity index (χ2v) is 5.04. The molecule has 3 heteroatoms. The van der Waals surface area contributed by atoms with Crippen LogP contribution in [0, 0.1) is 12.8 Å². The van der Waals surface area contributed by atoms with Gasteiger partial charge in [-0.05, 0) is 38.2 Å². The van der Waals surface area contributed by atoms with Crippen molar-refractivity contribution in [3.8, 4) is 0 Å². The monoisotopic (exact) mass is 222 g/mol. The molecule has 1 aromatic heterocycles. The van der Waals surface area contributed by atoms with Crippen LogP contribution in [0.15, 0.2) is 12.3 Å². The van der Waals surface area contributed by atoms with Gasteiger partial charge in [-0.3, -0.25) is 4.68 Å². The summed E-state index contributed by atoms with van der Waals surface area (Å²) in [6, 6.07) is 2.20. The van der Waals surface area contributed by atoms with Crippen molar-refractivity contribution in [2.75, 3.05) is 0 Å². The summed E-state index contributed by atoms with van der Waals surface area (Å²) in [6.45, 7) is 4.23. The highest BCUT2D eigenvalue weighted by atomic mass is 16.3. The lowest BCUT2D eigenvalue weighted by Crippen LogP contribution is -2.31. The zero-order valence-corrected chi connectivity index (χ0v) is 10.3. The van der Waals surface area contributed by atoms with E-state index in [1.54, 1.807) is 0 Å². The molecule has 0 aliphatic heterocycles. The van der Waals surface area contributed by atoms with E-state index in [0.717, 1.165) is 24.5 Å². The van der Waals surface area contributed by atoms with Gasteiger partial charge in [-0.1, -0.05) is 19.8 Å². The first kappa shape index (κ1) is 11.6. The number of rotatable bonds is 3. The molecular formula is C13H22N2O. The minimum absolute atomic E-state index is 0.194. The highest BCUT2D eigenvalue weighted by molar-refractivity contribution is 4.97. The van der Waals surface area contributed by atoms with Crippen molar-refractivity contribution in [1.29, 1.82) is 0 Å². The van der Waals surface area contributed by atoms with Crippen LogP contribution in [-0.4, -0.2) is 21.0 Å². The zero-order chi connectivity index (χ0) is 11.5. The number of hydrogen-bond donors (Lipinski definition) is 1. The third kappa shape index (κ3) is 2.46. The van der Waals surface area contributed by atoms with Crippen LogP contribution in [0.4, 0.5) is 0 Å². The van der Waals surface area contributed by atoms with Crippen LogP contribution in [0.2, 0.25) is 0 Å². The molecule has 1 N–H and O–H groups in total. The number of aromatic nitrogens is 2. The third-order valence-electron chi connectivity index (χ3n) is 3.67. The molecule has 1 aliphatic rings. The number of aliphatic hydroxyl groups is 1. The van der Waals surface area contributed by atoms with E-state index in [4.69, 9.17) is 0 Å². The third-order valence-corrected chi connectivity index (χ3v) is 3.67. The molecule has 2 rings (SSSR count). The van der Waals surface area contributed by atoms with E-state index < -0.39 is 0 Å². The Morgan fingerprint density at radius 3 is 2.94 bits per heavy atom. The zero-order valence-electron chi connectivity index (χ0n) is 10.3. The fraction of sp³-hybridized carbons (Fsp3) is 0.769. The van der Waals surface area contributed by atoms with Gasteiger partial charge in [-0.2, -0.15) is 5.10 Å². The standard InChI is InChI=1S/C13H22N2O/c1-3-4-11-5-6-13(16)12(9-11)15-8-7-10(2)14-15/h7-8,11-13,16H,3-6,9H2,1-2H3. The van der Waals surface area contributed by atoms with Crippen LogP contribution < -0.4 is 0 Å². The summed E-state index contributed by atoms with van der Waals surface area (Å²) in [5.41, 5.74) is 1.03. The van der Waals surface area contributed by atoms with Crippen LogP contribution >= 0.6 is 0 Å². The molecule has 16 heavy (non-hydrogen) atoms. The molecule has 1 saturated carbocycles. The topological polar surface area (TPSA) is 38.0 Å². The number of aryl methyl sites for hydroxylation is 1. The van der Waals surface area contributed by atoms with Gasteiger partial charge in [0.1, 0.15) is 0 Å². The van der Waals surface area contributed by atoms with Gasteiger partial charge in [0.15, 0.2) is 0 Å². The molecule has 0 radical (unpaired) electrons. The quantitative estimate of drug-likeness (QED) is 0.854. The van der Waals surface area contributed by atoms with Crippen molar-refractivity contribution < 1.29 is 5.11 Å². The van der Waals surface area contributed by atoms with Gasteiger partial charge < -0.3 is 5.11 Å². The van der Waals surface area contributed by atoms with Crippen LogP contribution in [0.25, 0.3) is 0 Å². The van der Waals surface area contributed by atoms with Crippen LogP contribution in [0.1, 0.15) is 50.8 Å². The van der Waals surface area contributed by atoms with Gasteiger partial charge in [0.2, 0.25) is 0 Å². The van der Waals surface area contributed by atoms with E-state index in [1.807, 2.05) is 23.9 Å². The molecule has 1 fully saturated rings. The van der Waals surface area contributed by atoms with Gasteiger partial charge in [-0.25, -0.2) is 0 Å². The summed E-state index contributed by atoms with van der Waals surface area (Å²) in [6.07, 6.45) is 7.48. The van der Waals surface area contributed by atoms with Crippen molar-refractivity contribution in [2.45, 2.75) is 58.1 Å². The average molecular weight is 222 g/mol. The molecular weight excluding hydrogens is 200 g/mol. The molecule has 0 bridgehead atoms. The molecule has 1 heterocycles. The predicted molar refractivity (Wildman–Crippen MR) is 64.3 cm³/mol. The Kier molecular flexibility index (Phi) is 3.64. The Balaban J connectivity index is 2.06. The van der Waals surface area contributed by atoms with Crippen molar-refractivity contribution in [1.82, 2.24) is 9.78 Å². The van der Waals surface area contributed by atoms with Gasteiger partial charge in [0, 0.05) is 6.20 Å². The second-order valence-electron chi connectivity index (χ2n) is 5.04. The first-order valence-electron chi connectivity index (χ1n) is 6.40. The molecule has 0 spiro atoms. The maximum absolute atomic E-state index is 10.1. The normalized spacial score (nSPS) is 30.6. The van der Waals surface area contributed by atoms with E-state index in [-0.39, 0.29) is 12.1 Å². The number of aliphatic hydroxyl groups excluding tert-OH is 1. The molecule has 1 aromatic rings. The van der Waals surface area contributed by atoms with Crippen molar-refractivity contribution in [3.63, 3.8) is 0 Å². The second kappa shape index (κ2) is 5.00. The first-order valence-corrected chi connectivity index (χ1v) is 6.40. The predicted octanol–water partition coefficient (Wildman–Crippen LogP) is 2.69. The Hall–Kier alpha value is -0.830. The molecule has 90 valence electrons.